The number of rotatable bonds is 4. The Morgan fingerprint density at radius 2 is 1.82 bits per heavy atom. The van der Waals surface area contributed by atoms with Crippen LogP contribution in [0.25, 0.3) is 0 Å². The van der Waals surface area contributed by atoms with E-state index < -0.39 is 0 Å². The number of hydrogen-bond donors (Lipinski definition) is 1. The minimum atomic E-state index is 0.0156. The van der Waals surface area contributed by atoms with Gasteiger partial charge in [-0.15, -0.1) is 0 Å². The summed E-state index contributed by atoms with van der Waals surface area (Å²) in [4.78, 5) is 15.8. The van der Waals surface area contributed by atoms with Crippen molar-refractivity contribution in [2.45, 2.75) is 39.9 Å². The fourth-order valence-electron chi connectivity index (χ4n) is 2.22. The Morgan fingerprint density at radius 1 is 1.29 bits per heavy atom. The molecule has 17 heavy (non-hydrogen) atoms. The van der Waals surface area contributed by atoms with E-state index in [1.54, 1.807) is 4.90 Å². The van der Waals surface area contributed by atoms with Gasteiger partial charge in [0, 0.05) is 26.2 Å². The lowest BCUT2D eigenvalue weighted by Gasteiger charge is -2.35. The van der Waals surface area contributed by atoms with Gasteiger partial charge in [-0.1, -0.05) is 0 Å². The van der Waals surface area contributed by atoms with Crippen LogP contribution in [-0.2, 0) is 4.74 Å². The summed E-state index contributed by atoms with van der Waals surface area (Å²) in [6.07, 6.45) is 0.480. The van der Waals surface area contributed by atoms with E-state index in [1.807, 2.05) is 13.8 Å². The molecule has 1 rings (SSSR count). The summed E-state index contributed by atoms with van der Waals surface area (Å²) in [6.45, 7) is 12.0. The Morgan fingerprint density at radius 3 is 2.29 bits per heavy atom. The van der Waals surface area contributed by atoms with Crippen LogP contribution < -0.4 is 5.32 Å². The average Bonchev–Trinajstić information content (AvgIpc) is 2.27. The number of carbonyl (C=O) groups excluding carboxylic acids is 1. The van der Waals surface area contributed by atoms with Gasteiger partial charge in [0.05, 0.1) is 18.9 Å². The van der Waals surface area contributed by atoms with Crippen LogP contribution in [0, 0.1) is 0 Å². The molecule has 1 fully saturated rings. The van der Waals surface area contributed by atoms with Crippen molar-refractivity contribution in [3.63, 3.8) is 0 Å². The molecule has 1 N–H and O–H groups in total. The molecule has 0 unspecified atom stereocenters. The molecule has 0 aromatic carbocycles. The van der Waals surface area contributed by atoms with Crippen molar-refractivity contribution < 1.29 is 9.53 Å². The van der Waals surface area contributed by atoms with Gasteiger partial charge < -0.3 is 15.0 Å². The SMILES string of the molecule is CCN(CC)C(=O)NCN1C[C@H](C)O[C@@H](C)C1. The number of carbonyl (C=O) groups is 1. The lowest BCUT2D eigenvalue weighted by atomic mass is 10.2. The number of hydrogen-bond acceptors (Lipinski definition) is 3. The van der Waals surface area contributed by atoms with Crippen LogP contribution in [0.2, 0.25) is 0 Å². The zero-order valence-electron chi connectivity index (χ0n) is 11.4. The van der Waals surface area contributed by atoms with Crippen molar-refractivity contribution >= 4 is 6.03 Å². The second kappa shape index (κ2) is 6.81. The summed E-state index contributed by atoms with van der Waals surface area (Å²) in [5, 5.41) is 2.95. The number of urea groups is 1. The van der Waals surface area contributed by atoms with Crippen LogP contribution in [0.5, 0.6) is 0 Å². The number of ether oxygens (including phenoxy) is 1. The summed E-state index contributed by atoms with van der Waals surface area (Å²) < 4.78 is 5.65. The van der Waals surface area contributed by atoms with Crippen LogP contribution in [-0.4, -0.2) is 60.9 Å². The van der Waals surface area contributed by atoms with Crippen LogP contribution in [0.4, 0.5) is 4.79 Å². The molecular weight excluding hydrogens is 218 g/mol. The minimum Gasteiger partial charge on any atom is -0.373 e. The third-order valence-electron chi connectivity index (χ3n) is 3.00. The van der Waals surface area contributed by atoms with Gasteiger partial charge in [-0.05, 0) is 27.7 Å². The lowest BCUT2D eigenvalue weighted by molar-refractivity contribution is -0.0691. The van der Waals surface area contributed by atoms with Crippen LogP contribution >= 0.6 is 0 Å². The first-order valence-electron chi connectivity index (χ1n) is 6.47. The maximum absolute atomic E-state index is 11.8. The molecule has 0 bridgehead atoms. The van der Waals surface area contributed by atoms with E-state index in [9.17, 15) is 4.79 Å². The quantitative estimate of drug-likeness (QED) is 0.804. The highest BCUT2D eigenvalue weighted by atomic mass is 16.5. The van der Waals surface area contributed by atoms with E-state index in [0.717, 1.165) is 26.2 Å². The first kappa shape index (κ1) is 14.3. The molecule has 0 aromatic heterocycles. The predicted molar refractivity (Wildman–Crippen MR) is 67.9 cm³/mol. The molecule has 2 atom stereocenters. The molecule has 100 valence electrons. The van der Waals surface area contributed by atoms with E-state index in [0.29, 0.717) is 6.67 Å². The van der Waals surface area contributed by atoms with Gasteiger partial charge in [-0.25, -0.2) is 4.79 Å². The highest BCUT2D eigenvalue weighted by molar-refractivity contribution is 5.73. The maximum Gasteiger partial charge on any atom is 0.318 e. The van der Waals surface area contributed by atoms with Crippen molar-refractivity contribution in [1.29, 1.82) is 0 Å². The smallest absolute Gasteiger partial charge is 0.318 e. The Bertz CT molecular complexity index is 234. The molecule has 1 aliphatic rings. The lowest BCUT2D eigenvalue weighted by Crippen LogP contribution is -2.51. The highest BCUT2D eigenvalue weighted by Gasteiger charge is 2.22. The monoisotopic (exact) mass is 243 g/mol. The van der Waals surface area contributed by atoms with E-state index in [2.05, 4.69) is 24.1 Å². The first-order valence-corrected chi connectivity index (χ1v) is 6.47. The molecule has 0 aromatic rings. The number of nitrogens with zero attached hydrogens (tertiary/aromatic N) is 2. The Labute approximate surface area is 104 Å². The Kier molecular flexibility index (Phi) is 5.71. The fraction of sp³-hybridized carbons (Fsp3) is 0.917. The maximum atomic E-state index is 11.8. The second-order valence-electron chi connectivity index (χ2n) is 4.61. The van der Waals surface area contributed by atoms with E-state index in [-0.39, 0.29) is 18.2 Å². The van der Waals surface area contributed by atoms with Crippen molar-refractivity contribution in [2.24, 2.45) is 0 Å². The van der Waals surface area contributed by atoms with Crippen molar-refractivity contribution in [2.75, 3.05) is 32.8 Å². The molecule has 0 saturated carbocycles. The van der Waals surface area contributed by atoms with E-state index >= 15 is 0 Å². The zero-order chi connectivity index (χ0) is 12.8. The topological polar surface area (TPSA) is 44.8 Å². The zero-order valence-corrected chi connectivity index (χ0v) is 11.4. The number of nitrogens with one attached hydrogen (secondary N) is 1. The molecule has 5 heteroatoms. The third kappa shape index (κ3) is 4.52. The van der Waals surface area contributed by atoms with Crippen molar-refractivity contribution in [1.82, 2.24) is 15.1 Å². The largest absolute Gasteiger partial charge is 0.373 e. The van der Waals surface area contributed by atoms with Crippen LogP contribution in [0.15, 0.2) is 0 Å². The molecule has 5 nitrogen and oxygen atoms in total. The molecule has 0 radical (unpaired) electrons. The third-order valence-corrected chi connectivity index (χ3v) is 3.00. The van der Waals surface area contributed by atoms with Gasteiger partial charge in [0.15, 0.2) is 0 Å². The summed E-state index contributed by atoms with van der Waals surface area (Å²) in [5.41, 5.74) is 0. The number of amides is 2. The molecule has 1 saturated heterocycles. The van der Waals surface area contributed by atoms with Gasteiger partial charge in [-0.3, -0.25) is 4.90 Å². The van der Waals surface area contributed by atoms with Gasteiger partial charge in [0.25, 0.3) is 0 Å². The van der Waals surface area contributed by atoms with Gasteiger partial charge in [0.1, 0.15) is 0 Å². The molecule has 1 heterocycles. The predicted octanol–water partition coefficient (Wildman–Crippen LogP) is 1.10. The summed E-state index contributed by atoms with van der Waals surface area (Å²) >= 11 is 0. The van der Waals surface area contributed by atoms with Gasteiger partial charge in [0.2, 0.25) is 0 Å². The Hall–Kier alpha value is -0.810. The van der Waals surface area contributed by atoms with Crippen molar-refractivity contribution in [3.05, 3.63) is 0 Å². The number of morpholine rings is 1. The summed E-state index contributed by atoms with van der Waals surface area (Å²) in [7, 11) is 0. The van der Waals surface area contributed by atoms with E-state index in [1.165, 1.54) is 0 Å². The van der Waals surface area contributed by atoms with Gasteiger partial charge in [-0.2, -0.15) is 0 Å². The highest BCUT2D eigenvalue weighted by Crippen LogP contribution is 2.09. The summed E-state index contributed by atoms with van der Waals surface area (Å²) in [6, 6.07) is 0.0156. The molecule has 2 amide bonds. The van der Waals surface area contributed by atoms with E-state index in [4.69, 9.17) is 4.74 Å². The summed E-state index contributed by atoms with van der Waals surface area (Å²) in [5.74, 6) is 0. The van der Waals surface area contributed by atoms with Crippen molar-refractivity contribution in [3.8, 4) is 0 Å². The Balaban J connectivity index is 2.32. The minimum absolute atomic E-state index is 0.0156. The van der Waals surface area contributed by atoms with Crippen LogP contribution in [0.1, 0.15) is 27.7 Å². The standard InChI is InChI=1S/C12H25N3O2/c1-5-15(6-2)12(16)13-9-14-7-10(3)17-11(4)8-14/h10-11H,5-9H2,1-4H3,(H,13,16)/t10-,11-/m0/s1. The van der Waals surface area contributed by atoms with Crippen LogP contribution in [0.3, 0.4) is 0 Å². The normalized spacial score (nSPS) is 25.6. The van der Waals surface area contributed by atoms with Gasteiger partial charge >= 0.3 is 6.03 Å². The molecule has 0 aliphatic carbocycles. The fourth-order valence-corrected chi connectivity index (χ4v) is 2.22. The first-order chi connectivity index (χ1) is 8.06. The molecule has 0 spiro atoms. The second-order valence-corrected chi connectivity index (χ2v) is 4.61. The molecule has 1 aliphatic heterocycles. The molecular formula is C12H25N3O2. The average molecular weight is 243 g/mol.